The summed E-state index contributed by atoms with van der Waals surface area (Å²) in [5.74, 6) is 0. The molecule has 0 radical (unpaired) electrons. The molecule has 1 saturated carbocycles. The molecule has 0 unspecified atom stereocenters. The molecule has 13 heavy (non-hydrogen) atoms. The highest BCUT2D eigenvalue weighted by Gasteiger charge is 2.26. The third kappa shape index (κ3) is 1.24. The maximum Gasteiger partial charge on any atom is 0.274 e. The topological polar surface area (TPSA) is 48.0 Å². The van der Waals surface area contributed by atoms with Crippen molar-refractivity contribution in [2.75, 3.05) is 5.73 Å². The van der Waals surface area contributed by atoms with E-state index in [4.69, 9.17) is 5.73 Å². The molecule has 70 valence electrons. The largest absolute Gasteiger partial charge is 0.394 e. The summed E-state index contributed by atoms with van der Waals surface area (Å²) in [6.45, 7) is 3.84. The van der Waals surface area contributed by atoms with Crippen molar-refractivity contribution in [3.8, 4) is 0 Å². The molecule has 0 aromatic carbocycles. The number of aromatic nitrogens is 1. The van der Waals surface area contributed by atoms with E-state index in [-0.39, 0.29) is 5.56 Å². The molecular formula is C10H14N2O. The summed E-state index contributed by atoms with van der Waals surface area (Å²) in [4.78, 5) is 11.7. The molecule has 1 heterocycles. The number of rotatable bonds is 1. The third-order valence-corrected chi connectivity index (χ3v) is 2.59. The van der Waals surface area contributed by atoms with Crippen LogP contribution in [-0.4, -0.2) is 4.57 Å². The molecular weight excluding hydrogens is 164 g/mol. The van der Waals surface area contributed by atoms with E-state index in [1.165, 1.54) is 0 Å². The van der Waals surface area contributed by atoms with Gasteiger partial charge in [-0.1, -0.05) is 0 Å². The number of nitrogens with two attached hydrogens (primary N) is 1. The van der Waals surface area contributed by atoms with E-state index < -0.39 is 0 Å². The summed E-state index contributed by atoms with van der Waals surface area (Å²) in [6, 6.07) is 2.39. The molecule has 2 N–H and O–H groups in total. The molecule has 2 rings (SSSR count). The fraction of sp³-hybridized carbons (Fsp3) is 0.500. The van der Waals surface area contributed by atoms with Gasteiger partial charge in [-0.2, -0.15) is 0 Å². The van der Waals surface area contributed by atoms with Gasteiger partial charge in [-0.05, 0) is 38.3 Å². The van der Waals surface area contributed by atoms with Gasteiger partial charge in [-0.15, -0.1) is 0 Å². The van der Waals surface area contributed by atoms with Crippen molar-refractivity contribution >= 4 is 5.69 Å². The molecule has 0 aliphatic heterocycles. The van der Waals surface area contributed by atoms with Gasteiger partial charge in [0.1, 0.15) is 5.69 Å². The van der Waals surface area contributed by atoms with Gasteiger partial charge in [0.2, 0.25) is 0 Å². The van der Waals surface area contributed by atoms with Gasteiger partial charge in [-0.25, -0.2) is 0 Å². The van der Waals surface area contributed by atoms with Crippen LogP contribution in [0.4, 0.5) is 5.69 Å². The SMILES string of the molecule is Cc1cc(C)n(C2CC2)c(=O)c1N. The summed E-state index contributed by atoms with van der Waals surface area (Å²) in [5.41, 5.74) is 7.99. The lowest BCUT2D eigenvalue weighted by atomic mass is 10.2. The molecule has 0 amide bonds. The van der Waals surface area contributed by atoms with Crippen molar-refractivity contribution < 1.29 is 0 Å². The first-order valence-corrected chi connectivity index (χ1v) is 4.59. The normalized spacial score (nSPS) is 16.2. The second-order valence-corrected chi connectivity index (χ2v) is 3.79. The number of pyridine rings is 1. The van der Waals surface area contributed by atoms with Crippen LogP contribution >= 0.6 is 0 Å². The lowest BCUT2D eigenvalue weighted by Crippen LogP contribution is -2.24. The highest BCUT2D eigenvalue weighted by Crippen LogP contribution is 2.34. The van der Waals surface area contributed by atoms with Gasteiger partial charge in [0.25, 0.3) is 5.56 Å². The Kier molecular flexibility index (Phi) is 1.68. The van der Waals surface area contributed by atoms with Crippen molar-refractivity contribution in [1.82, 2.24) is 4.57 Å². The molecule has 3 heteroatoms. The average molecular weight is 178 g/mol. The van der Waals surface area contributed by atoms with Crippen molar-refractivity contribution in [2.45, 2.75) is 32.7 Å². The van der Waals surface area contributed by atoms with Gasteiger partial charge in [0.15, 0.2) is 0 Å². The first-order valence-electron chi connectivity index (χ1n) is 4.59. The Hall–Kier alpha value is -1.25. The first-order chi connectivity index (χ1) is 6.11. The van der Waals surface area contributed by atoms with Crippen molar-refractivity contribution in [2.24, 2.45) is 0 Å². The number of nitrogens with zero attached hydrogens (tertiary/aromatic N) is 1. The van der Waals surface area contributed by atoms with Crippen molar-refractivity contribution in [3.05, 3.63) is 27.7 Å². The molecule has 0 spiro atoms. The standard InChI is InChI=1S/C10H14N2O/c1-6-5-7(2)12(8-3-4-8)10(13)9(6)11/h5,8H,3-4,11H2,1-2H3. The highest BCUT2D eigenvalue weighted by atomic mass is 16.1. The van der Waals surface area contributed by atoms with E-state index in [1.54, 1.807) is 0 Å². The third-order valence-electron chi connectivity index (χ3n) is 2.59. The molecule has 1 aliphatic rings. The number of hydrogen-bond donors (Lipinski definition) is 1. The van der Waals surface area contributed by atoms with Gasteiger partial charge < -0.3 is 10.3 Å². The van der Waals surface area contributed by atoms with Crippen LogP contribution in [0.15, 0.2) is 10.9 Å². The van der Waals surface area contributed by atoms with Gasteiger partial charge >= 0.3 is 0 Å². The van der Waals surface area contributed by atoms with Crippen LogP contribution in [0.1, 0.15) is 30.1 Å². The minimum atomic E-state index is -0.0139. The fourth-order valence-corrected chi connectivity index (χ4v) is 1.71. The van der Waals surface area contributed by atoms with Gasteiger partial charge in [-0.3, -0.25) is 4.79 Å². The minimum absolute atomic E-state index is 0.0139. The summed E-state index contributed by atoms with van der Waals surface area (Å²) in [7, 11) is 0. The predicted molar refractivity (Wildman–Crippen MR) is 52.9 cm³/mol. The van der Waals surface area contributed by atoms with Crippen LogP contribution in [-0.2, 0) is 0 Å². The number of nitrogen functional groups attached to an aromatic ring is 1. The molecule has 1 aromatic rings. The molecule has 1 aliphatic carbocycles. The van der Waals surface area contributed by atoms with Crippen LogP contribution in [0, 0.1) is 13.8 Å². The summed E-state index contributed by atoms with van der Waals surface area (Å²) >= 11 is 0. The second kappa shape index (κ2) is 2.62. The molecule has 3 nitrogen and oxygen atoms in total. The predicted octanol–water partition coefficient (Wildman–Crippen LogP) is 1.38. The van der Waals surface area contributed by atoms with Crippen LogP contribution < -0.4 is 11.3 Å². The maximum atomic E-state index is 11.7. The Balaban J connectivity index is 2.67. The zero-order chi connectivity index (χ0) is 9.59. The number of hydrogen-bond acceptors (Lipinski definition) is 2. The quantitative estimate of drug-likeness (QED) is 0.706. The van der Waals surface area contributed by atoms with Gasteiger partial charge in [0, 0.05) is 11.7 Å². The Morgan fingerprint density at radius 3 is 2.62 bits per heavy atom. The van der Waals surface area contributed by atoms with E-state index in [0.29, 0.717) is 11.7 Å². The van der Waals surface area contributed by atoms with Crippen molar-refractivity contribution in [1.29, 1.82) is 0 Å². The Bertz CT molecular complexity index is 402. The monoisotopic (exact) mass is 178 g/mol. The average Bonchev–Trinajstić information content (AvgIpc) is 2.84. The summed E-state index contributed by atoms with van der Waals surface area (Å²) in [6.07, 6.45) is 2.23. The first kappa shape index (κ1) is 8.35. The lowest BCUT2D eigenvalue weighted by molar-refractivity contribution is 0.682. The van der Waals surface area contributed by atoms with Crippen LogP contribution in [0.3, 0.4) is 0 Å². The van der Waals surface area contributed by atoms with E-state index in [9.17, 15) is 4.79 Å². The smallest absolute Gasteiger partial charge is 0.274 e. The van der Waals surface area contributed by atoms with Crippen LogP contribution in [0.5, 0.6) is 0 Å². The molecule has 0 saturated heterocycles. The Morgan fingerprint density at radius 2 is 2.08 bits per heavy atom. The summed E-state index contributed by atoms with van der Waals surface area (Å²) in [5, 5.41) is 0. The second-order valence-electron chi connectivity index (χ2n) is 3.79. The number of anilines is 1. The van der Waals surface area contributed by atoms with E-state index in [1.807, 2.05) is 24.5 Å². The van der Waals surface area contributed by atoms with E-state index >= 15 is 0 Å². The van der Waals surface area contributed by atoms with Gasteiger partial charge in [0.05, 0.1) is 0 Å². The maximum absolute atomic E-state index is 11.7. The Labute approximate surface area is 77.2 Å². The van der Waals surface area contributed by atoms with E-state index in [0.717, 1.165) is 24.1 Å². The number of aryl methyl sites for hydroxylation is 2. The fourth-order valence-electron chi connectivity index (χ4n) is 1.71. The molecule has 0 atom stereocenters. The minimum Gasteiger partial charge on any atom is -0.394 e. The molecule has 0 bridgehead atoms. The van der Waals surface area contributed by atoms with Crippen LogP contribution in [0.2, 0.25) is 0 Å². The van der Waals surface area contributed by atoms with E-state index in [2.05, 4.69) is 0 Å². The lowest BCUT2D eigenvalue weighted by Gasteiger charge is -2.10. The van der Waals surface area contributed by atoms with Crippen LogP contribution in [0.25, 0.3) is 0 Å². The zero-order valence-electron chi connectivity index (χ0n) is 8.00. The molecule has 1 aromatic heterocycles. The summed E-state index contributed by atoms with van der Waals surface area (Å²) < 4.78 is 1.82. The Morgan fingerprint density at radius 1 is 1.46 bits per heavy atom. The zero-order valence-corrected chi connectivity index (χ0v) is 8.00. The highest BCUT2D eigenvalue weighted by molar-refractivity contribution is 5.45. The molecule has 1 fully saturated rings. The van der Waals surface area contributed by atoms with Crippen molar-refractivity contribution in [3.63, 3.8) is 0 Å².